The van der Waals surface area contributed by atoms with Gasteiger partial charge in [0.15, 0.2) is 0 Å². The van der Waals surface area contributed by atoms with Crippen molar-refractivity contribution >= 4 is 5.91 Å². The van der Waals surface area contributed by atoms with Crippen LogP contribution in [0.2, 0.25) is 0 Å². The van der Waals surface area contributed by atoms with Crippen molar-refractivity contribution in [2.24, 2.45) is 0 Å². The fourth-order valence-electron chi connectivity index (χ4n) is 2.08. The number of carbonyl (C=O) groups excluding carboxylic acids is 1. The second kappa shape index (κ2) is 7.84. The van der Waals surface area contributed by atoms with Crippen molar-refractivity contribution in [1.29, 1.82) is 5.26 Å². The van der Waals surface area contributed by atoms with Crippen molar-refractivity contribution in [2.45, 2.75) is 12.8 Å². The van der Waals surface area contributed by atoms with Gasteiger partial charge in [-0.3, -0.25) is 4.79 Å². The highest BCUT2D eigenvalue weighted by Gasteiger charge is 2.05. The van der Waals surface area contributed by atoms with Gasteiger partial charge in [0.1, 0.15) is 5.75 Å². The zero-order chi connectivity index (χ0) is 15.8. The van der Waals surface area contributed by atoms with Crippen LogP contribution in [0.5, 0.6) is 5.75 Å². The first kappa shape index (κ1) is 15.6. The lowest BCUT2D eigenvalue weighted by molar-refractivity contribution is 0.0954. The van der Waals surface area contributed by atoms with Gasteiger partial charge in [-0.15, -0.1) is 0 Å². The van der Waals surface area contributed by atoms with Gasteiger partial charge in [-0.05, 0) is 41.8 Å². The van der Waals surface area contributed by atoms with Gasteiger partial charge in [0.25, 0.3) is 5.91 Å². The number of methoxy groups -OCH3 is 1. The molecular formula is C18H18N2O2. The molecule has 0 unspecified atom stereocenters. The fourth-order valence-corrected chi connectivity index (χ4v) is 2.08. The Bertz CT molecular complexity index is 655. The first-order valence-electron chi connectivity index (χ1n) is 7.10. The Kier molecular flexibility index (Phi) is 5.56. The normalized spacial score (nSPS) is 9.82. The average Bonchev–Trinajstić information content (AvgIpc) is 2.56. The standard InChI is InChI=1S/C18H18N2O2/c1-22-17-8-4-15(5-9-17)11-13-20-18(21)16-6-2-14(3-7-16)10-12-19/h2-9H,10-11,13H2,1H3,(H,20,21). The van der Waals surface area contributed by atoms with Gasteiger partial charge >= 0.3 is 0 Å². The Morgan fingerprint density at radius 3 is 2.32 bits per heavy atom. The molecule has 22 heavy (non-hydrogen) atoms. The number of amides is 1. The van der Waals surface area contributed by atoms with Gasteiger partial charge in [-0.1, -0.05) is 24.3 Å². The molecule has 0 aromatic heterocycles. The van der Waals surface area contributed by atoms with Crippen LogP contribution < -0.4 is 10.1 Å². The summed E-state index contributed by atoms with van der Waals surface area (Å²) in [6.07, 6.45) is 1.13. The summed E-state index contributed by atoms with van der Waals surface area (Å²) in [5.41, 5.74) is 2.67. The van der Waals surface area contributed by atoms with Gasteiger partial charge in [-0.25, -0.2) is 0 Å². The van der Waals surface area contributed by atoms with Crippen LogP contribution in [0.1, 0.15) is 21.5 Å². The van der Waals surface area contributed by atoms with Crippen LogP contribution in [-0.2, 0) is 12.8 Å². The third-order valence-corrected chi connectivity index (χ3v) is 3.36. The number of rotatable bonds is 6. The molecule has 4 nitrogen and oxygen atoms in total. The Morgan fingerprint density at radius 2 is 1.73 bits per heavy atom. The first-order valence-corrected chi connectivity index (χ1v) is 7.10. The summed E-state index contributed by atoms with van der Waals surface area (Å²) >= 11 is 0. The molecule has 0 heterocycles. The molecule has 0 aliphatic rings. The van der Waals surface area contributed by atoms with E-state index >= 15 is 0 Å². The molecule has 0 aliphatic heterocycles. The van der Waals surface area contributed by atoms with Crippen molar-refractivity contribution in [3.05, 3.63) is 65.2 Å². The van der Waals surface area contributed by atoms with E-state index in [4.69, 9.17) is 10.00 Å². The number of hydrogen-bond donors (Lipinski definition) is 1. The van der Waals surface area contributed by atoms with Crippen LogP contribution in [-0.4, -0.2) is 19.6 Å². The maximum atomic E-state index is 12.0. The number of carbonyl (C=O) groups is 1. The molecule has 112 valence electrons. The number of nitrogens with one attached hydrogen (secondary N) is 1. The van der Waals surface area contributed by atoms with E-state index in [0.717, 1.165) is 23.3 Å². The second-order valence-electron chi connectivity index (χ2n) is 4.89. The largest absolute Gasteiger partial charge is 0.497 e. The summed E-state index contributed by atoms with van der Waals surface area (Å²) in [4.78, 5) is 12.0. The van der Waals surface area contributed by atoms with E-state index in [9.17, 15) is 4.79 Å². The molecule has 0 atom stereocenters. The van der Waals surface area contributed by atoms with Gasteiger partial charge in [0, 0.05) is 12.1 Å². The third-order valence-electron chi connectivity index (χ3n) is 3.36. The quantitative estimate of drug-likeness (QED) is 0.891. The van der Waals surface area contributed by atoms with Crippen LogP contribution in [0.3, 0.4) is 0 Å². The minimum absolute atomic E-state index is 0.1000. The Morgan fingerprint density at radius 1 is 1.09 bits per heavy atom. The lowest BCUT2D eigenvalue weighted by Gasteiger charge is -2.06. The molecule has 0 spiro atoms. The van der Waals surface area contributed by atoms with E-state index in [0.29, 0.717) is 18.5 Å². The second-order valence-corrected chi connectivity index (χ2v) is 4.89. The van der Waals surface area contributed by atoms with Gasteiger partial charge in [-0.2, -0.15) is 5.26 Å². The molecule has 2 rings (SSSR count). The van der Waals surface area contributed by atoms with Gasteiger partial charge < -0.3 is 10.1 Å². The van der Waals surface area contributed by atoms with Crippen LogP contribution in [0.15, 0.2) is 48.5 Å². The Hall–Kier alpha value is -2.80. The molecule has 1 amide bonds. The molecule has 0 saturated heterocycles. The highest BCUT2D eigenvalue weighted by Crippen LogP contribution is 2.11. The maximum absolute atomic E-state index is 12.0. The molecule has 0 radical (unpaired) electrons. The summed E-state index contributed by atoms with van der Waals surface area (Å²) < 4.78 is 5.11. The van der Waals surface area contributed by atoms with Crippen molar-refractivity contribution in [3.63, 3.8) is 0 Å². The predicted octanol–water partition coefficient (Wildman–Crippen LogP) is 2.73. The van der Waals surface area contributed by atoms with Crippen molar-refractivity contribution in [1.82, 2.24) is 5.32 Å². The minimum atomic E-state index is -0.1000. The molecule has 0 saturated carbocycles. The third kappa shape index (κ3) is 4.35. The first-order chi connectivity index (χ1) is 10.7. The molecule has 4 heteroatoms. The Balaban J connectivity index is 1.83. The molecule has 2 aromatic carbocycles. The molecule has 0 bridgehead atoms. The number of hydrogen-bond acceptors (Lipinski definition) is 3. The highest BCUT2D eigenvalue weighted by atomic mass is 16.5. The van der Waals surface area contributed by atoms with E-state index in [1.165, 1.54) is 0 Å². The summed E-state index contributed by atoms with van der Waals surface area (Å²) in [6.45, 7) is 0.575. The highest BCUT2D eigenvalue weighted by molar-refractivity contribution is 5.94. The fraction of sp³-hybridized carbons (Fsp3) is 0.222. The van der Waals surface area contributed by atoms with Crippen LogP contribution in [0.4, 0.5) is 0 Å². The lowest BCUT2D eigenvalue weighted by Crippen LogP contribution is -2.25. The van der Waals surface area contributed by atoms with Gasteiger partial charge in [0.05, 0.1) is 19.6 Å². The summed E-state index contributed by atoms with van der Waals surface area (Å²) in [5.74, 6) is 0.724. The van der Waals surface area contributed by atoms with Crippen LogP contribution in [0, 0.1) is 11.3 Å². The topological polar surface area (TPSA) is 62.1 Å². The summed E-state index contributed by atoms with van der Waals surface area (Å²) in [5, 5.41) is 11.5. The molecule has 2 aromatic rings. The smallest absolute Gasteiger partial charge is 0.251 e. The minimum Gasteiger partial charge on any atom is -0.497 e. The van der Waals surface area contributed by atoms with Crippen molar-refractivity contribution in [3.8, 4) is 11.8 Å². The lowest BCUT2D eigenvalue weighted by atomic mass is 10.1. The number of nitrogens with zero attached hydrogens (tertiary/aromatic N) is 1. The van der Waals surface area contributed by atoms with E-state index in [-0.39, 0.29) is 5.91 Å². The SMILES string of the molecule is COc1ccc(CCNC(=O)c2ccc(CC#N)cc2)cc1. The van der Waals surface area contributed by atoms with Crippen molar-refractivity contribution < 1.29 is 9.53 Å². The van der Waals surface area contributed by atoms with Gasteiger partial charge in [0.2, 0.25) is 0 Å². The molecule has 1 N–H and O–H groups in total. The number of ether oxygens (including phenoxy) is 1. The monoisotopic (exact) mass is 294 g/mol. The zero-order valence-corrected chi connectivity index (χ0v) is 12.5. The molecule has 0 fully saturated rings. The molecule has 0 aliphatic carbocycles. The summed E-state index contributed by atoms with van der Waals surface area (Å²) in [6, 6.07) is 17.0. The Labute approximate surface area is 130 Å². The van der Waals surface area contributed by atoms with Crippen LogP contribution in [0.25, 0.3) is 0 Å². The van der Waals surface area contributed by atoms with Crippen LogP contribution >= 0.6 is 0 Å². The van der Waals surface area contributed by atoms with Crippen molar-refractivity contribution in [2.75, 3.05) is 13.7 Å². The van der Waals surface area contributed by atoms with E-state index in [2.05, 4.69) is 11.4 Å². The zero-order valence-electron chi connectivity index (χ0n) is 12.5. The molecular weight excluding hydrogens is 276 g/mol. The van der Waals surface area contributed by atoms with E-state index < -0.39 is 0 Å². The number of benzene rings is 2. The maximum Gasteiger partial charge on any atom is 0.251 e. The number of nitriles is 1. The summed E-state index contributed by atoms with van der Waals surface area (Å²) in [7, 11) is 1.64. The van der Waals surface area contributed by atoms with E-state index in [1.807, 2.05) is 36.4 Å². The predicted molar refractivity (Wildman–Crippen MR) is 84.8 cm³/mol. The average molecular weight is 294 g/mol. The van der Waals surface area contributed by atoms with E-state index in [1.54, 1.807) is 19.2 Å².